The van der Waals surface area contributed by atoms with Crippen molar-refractivity contribution in [1.82, 2.24) is 10.2 Å². The fourth-order valence-electron chi connectivity index (χ4n) is 2.44. The van der Waals surface area contributed by atoms with Gasteiger partial charge in [0.25, 0.3) is 0 Å². The monoisotopic (exact) mass is 390 g/mol. The number of carbonyl (C=O) groups is 1. The topological polar surface area (TPSA) is 32.3 Å². The number of nitrogens with zero attached hydrogens (tertiary/aromatic N) is 1. The van der Waals surface area contributed by atoms with Crippen molar-refractivity contribution < 1.29 is 4.79 Å². The molecule has 3 nitrogen and oxygen atoms in total. The second-order valence-corrected chi connectivity index (χ2v) is 6.88. The van der Waals surface area contributed by atoms with Crippen LogP contribution in [0.3, 0.4) is 0 Å². The predicted octanol–water partition coefficient (Wildman–Crippen LogP) is 7.05. The van der Waals surface area contributed by atoms with Gasteiger partial charge in [0.2, 0.25) is 0 Å². The van der Waals surface area contributed by atoms with E-state index in [1.54, 1.807) is 0 Å². The maximum absolute atomic E-state index is 11.9. The number of rotatable bonds is 9. The molecule has 0 radical (unpaired) electrons. The average Bonchev–Trinajstić information content (AvgIpc) is 2.67. The van der Waals surface area contributed by atoms with Gasteiger partial charge in [-0.15, -0.1) is 0 Å². The summed E-state index contributed by atoms with van der Waals surface area (Å²) in [5.74, 6) is 1.15. The van der Waals surface area contributed by atoms with Crippen LogP contribution in [0.4, 0.5) is 0 Å². The summed E-state index contributed by atoms with van der Waals surface area (Å²) in [7, 11) is 5.84. The van der Waals surface area contributed by atoms with E-state index in [4.69, 9.17) is 0 Å². The lowest BCUT2D eigenvalue weighted by atomic mass is 9.80. The van der Waals surface area contributed by atoms with Crippen LogP contribution >= 0.6 is 0 Å². The summed E-state index contributed by atoms with van der Waals surface area (Å²) in [6.45, 7) is 25.6. The first-order valence-corrected chi connectivity index (χ1v) is 11.5. The number of carbonyl (C=O) groups excluding carboxylic acids is 1. The Hall–Kier alpha value is -0.410. The Balaban J connectivity index is -0.000000153. The van der Waals surface area contributed by atoms with E-state index in [1.807, 2.05) is 69.5 Å². The molecule has 1 unspecified atom stereocenters. The van der Waals surface area contributed by atoms with Crippen molar-refractivity contribution in [3.05, 3.63) is 0 Å². The van der Waals surface area contributed by atoms with Gasteiger partial charge < -0.3 is 5.32 Å². The lowest BCUT2D eigenvalue weighted by Crippen LogP contribution is -2.49. The van der Waals surface area contributed by atoms with Gasteiger partial charge in [-0.3, -0.25) is 9.69 Å². The molecular formula is C24H58N2O. The zero-order valence-corrected chi connectivity index (χ0v) is 22.0. The molecule has 0 fully saturated rings. The minimum Gasteiger partial charge on any atom is -0.323 e. The van der Waals surface area contributed by atoms with Crippen LogP contribution in [0, 0.1) is 11.8 Å². The Morgan fingerprint density at radius 1 is 0.963 bits per heavy atom. The van der Waals surface area contributed by atoms with Crippen molar-refractivity contribution in [1.29, 1.82) is 0 Å². The van der Waals surface area contributed by atoms with Crippen molar-refractivity contribution in [2.24, 2.45) is 11.8 Å². The zero-order valence-electron chi connectivity index (χ0n) is 22.0. The molecule has 0 saturated heterocycles. The van der Waals surface area contributed by atoms with Gasteiger partial charge in [0.05, 0.1) is 6.54 Å². The number of ketones is 1. The molecule has 0 amide bonds. The van der Waals surface area contributed by atoms with Crippen LogP contribution in [-0.4, -0.2) is 43.9 Å². The van der Waals surface area contributed by atoms with Crippen LogP contribution in [0.25, 0.3) is 0 Å². The molecule has 0 bridgehead atoms. The van der Waals surface area contributed by atoms with Gasteiger partial charge >= 0.3 is 0 Å². The van der Waals surface area contributed by atoms with E-state index in [-0.39, 0.29) is 11.5 Å². The summed E-state index contributed by atoms with van der Waals surface area (Å²) >= 11 is 0. The van der Waals surface area contributed by atoms with Gasteiger partial charge in [-0.2, -0.15) is 0 Å². The van der Waals surface area contributed by atoms with Crippen LogP contribution in [0.1, 0.15) is 109 Å². The molecule has 0 aromatic carbocycles. The Bertz CT molecular complexity index is 263. The van der Waals surface area contributed by atoms with E-state index in [1.165, 1.54) is 25.7 Å². The number of likely N-dealkylation sites (N-methyl/N-ethyl adjacent to an activating group) is 1. The van der Waals surface area contributed by atoms with Crippen molar-refractivity contribution in [2.45, 2.75) is 114 Å². The highest BCUT2D eigenvalue weighted by Gasteiger charge is 2.32. The van der Waals surface area contributed by atoms with Crippen molar-refractivity contribution in [3.63, 3.8) is 0 Å². The van der Waals surface area contributed by atoms with E-state index in [0.29, 0.717) is 18.2 Å². The first kappa shape index (κ1) is 37.4. The van der Waals surface area contributed by atoms with Gasteiger partial charge in [-0.25, -0.2) is 0 Å². The van der Waals surface area contributed by atoms with Crippen LogP contribution in [0.15, 0.2) is 0 Å². The largest absolute Gasteiger partial charge is 0.323 e. The standard InChI is InChI=1S/C16H33NO.C2H7N.3C2H6/c1-8-10-11-14(9-2)16(5,6)17(7)12-15(18)13(3)4;1-3-2;3*1-2/h13-14H,8-12H2,1-7H3;3H,1-2H3;3*1-2H3. The summed E-state index contributed by atoms with van der Waals surface area (Å²) in [6, 6.07) is 0. The van der Waals surface area contributed by atoms with Gasteiger partial charge in [-0.05, 0) is 47.3 Å². The van der Waals surface area contributed by atoms with E-state index in [0.717, 1.165) is 0 Å². The summed E-state index contributed by atoms with van der Waals surface area (Å²) < 4.78 is 0. The Morgan fingerprint density at radius 3 is 1.59 bits per heavy atom. The van der Waals surface area contributed by atoms with Gasteiger partial charge in [0, 0.05) is 11.5 Å². The molecule has 1 N–H and O–H groups in total. The first-order valence-electron chi connectivity index (χ1n) is 11.5. The summed E-state index contributed by atoms with van der Waals surface area (Å²) in [5, 5.41) is 2.75. The SMILES string of the molecule is CC.CC.CC.CCCCC(CC)C(C)(C)N(C)CC(=O)C(C)C.CNC. The summed E-state index contributed by atoms with van der Waals surface area (Å²) in [5.41, 5.74) is 0.106. The molecule has 3 heteroatoms. The van der Waals surface area contributed by atoms with Crippen LogP contribution in [0.2, 0.25) is 0 Å². The molecule has 0 aliphatic carbocycles. The normalized spacial score (nSPS) is 10.9. The number of Topliss-reactive ketones (excluding diaryl/α,β-unsaturated/α-hetero) is 1. The van der Waals surface area contributed by atoms with E-state index in [2.05, 4.69) is 45.0 Å². The lowest BCUT2D eigenvalue weighted by Gasteiger charge is -2.42. The molecule has 0 spiro atoms. The fraction of sp³-hybridized carbons (Fsp3) is 0.958. The Kier molecular flexibility index (Phi) is 38.5. The molecule has 0 heterocycles. The molecule has 0 aromatic heterocycles. The third-order valence-corrected chi connectivity index (χ3v) is 4.42. The highest BCUT2D eigenvalue weighted by Crippen LogP contribution is 2.30. The number of hydrogen-bond donors (Lipinski definition) is 1. The highest BCUT2D eigenvalue weighted by molar-refractivity contribution is 5.82. The molecule has 0 aromatic rings. The first-order chi connectivity index (χ1) is 12.7. The summed E-state index contributed by atoms with van der Waals surface area (Å²) in [4.78, 5) is 14.1. The van der Waals surface area contributed by atoms with Gasteiger partial charge in [0.15, 0.2) is 0 Å². The highest BCUT2D eigenvalue weighted by atomic mass is 16.1. The Morgan fingerprint density at radius 2 is 1.33 bits per heavy atom. The molecular weight excluding hydrogens is 332 g/mol. The van der Waals surface area contributed by atoms with Crippen molar-refractivity contribution in [3.8, 4) is 0 Å². The minimum absolute atomic E-state index is 0.106. The molecule has 170 valence electrons. The minimum atomic E-state index is 0.106. The van der Waals surface area contributed by atoms with E-state index in [9.17, 15) is 4.79 Å². The quantitative estimate of drug-likeness (QED) is 0.457. The molecule has 0 saturated carbocycles. The Labute approximate surface area is 175 Å². The van der Waals surface area contributed by atoms with Gasteiger partial charge in [0.1, 0.15) is 5.78 Å². The fourth-order valence-corrected chi connectivity index (χ4v) is 2.44. The maximum atomic E-state index is 11.9. The predicted molar refractivity (Wildman–Crippen MR) is 129 cm³/mol. The molecule has 0 aliphatic rings. The van der Waals surface area contributed by atoms with E-state index >= 15 is 0 Å². The number of nitrogens with one attached hydrogen (secondary N) is 1. The number of unbranched alkanes of at least 4 members (excludes halogenated alkanes) is 1. The lowest BCUT2D eigenvalue weighted by molar-refractivity contribution is -0.124. The zero-order chi connectivity index (χ0) is 23.1. The van der Waals surface area contributed by atoms with E-state index < -0.39 is 0 Å². The third kappa shape index (κ3) is 21.7. The second kappa shape index (κ2) is 27.8. The van der Waals surface area contributed by atoms with Crippen LogP contribution in [-0.2, 0) is 4.79 Å². The second-order valence-electron chi connectivity index (χ2n) is 6.88. The molecule has 1 atom stereocenters. The van der Waals surface area contributed by atoms with Crippen molar-refractivity contribution in [2.75, 3.05) is 27.7 Å². The molecule has 0 aliphatic heterocycles. The maximum Gasteiger partial charge on any atom is 0.149 e. The number of hydrogen-bond acceptors (Lipinski definition) is 3. The summed E-state index contributed by atoms with van der Waals surface area (Å²) in [6.07, 6.45) is 4.99. The van der Waals surface area contributed by atoms with Crippen LogP contribution in [0.5, 0.6) is 0 Å². The van der Waals surface area contributed by atoms with Crippen molar-refractivity contribution >= 4 is 5.78 Å². The molecule has 27 heavy (non-hydrogen) atoms. The molecule has 0 rings (SSSR count). The third-order valence-electron chi connectivity index (χ3n) is 4.42. The van der Waals surface area contributed by atoms with Crippen LogP contribution < -0.4 is 5.32 Å². The van der Waals surface area contributed by atoms with Gasteiger partial charge in [-0.1, -0.05) is 88.5 Å². The smallest absolute Gasteiger partial charge is 0.149 e. The average molecular weight is 391 g/mol.